The van der Waals surface area contributed by atoms with Crippen molar-refractivity contribution in [1.29, 1.82) is 0 Å². The highest BCUT2D eigenvalue weighted by molar-refractivity contribution is 7.99. The number of thioether (sulfide) groups is 1. The van der Waals surface area contributed by atoms with E-state index in [4.69, 9.17) is 20.4 Å². The molecule has 0 aromatic carbocycles. The van der Waals surface area contributed by atoms with Crippen LogP contribution < -0.4 is 0 Å². The molecule has 0 bridgehead atoms. The van der Waals surface area contributed by atoms with Crippen molar-refractivity contribution < 1.29 is 20.2 Å². The van der Waals surface area contributed by atoms with E-state index in [2.05, 4.69) is 4.98 Å². The first-order valence-electron chi connectivity index (χ1n) is 4.13. The third kappa shape index (κ3) is 5.81. The Balaban J connectivity index is 0.000000487. The minimum Gasteiger partial charge on any atom is -0.478 e. The lowest BCUT2D eigenvalue weighted by molar-refractivity contribution is -0.742. The number of rotatable bonds is 3. The maximum absolute atomic E-state index is 10.6. The van der Waals surface area contributed by atoms with Gasteiger partial charge in [-0.05, 0) is 17.9 Å². The lowest BCUT2D eigenvalue weighted by Gasteiger charge is -2.00. The number of hydrogen-bond acceptors (Lipinski definition) is 5. The molecular weight excluding hydrogens is 236 g/mol. The summed E-state index contributed by atoms with van der Waals surface area (Å²) >= 11 is 1.44. The van der Waals surface area contributed by atoms with Gasteiger partial charge < -0.3 is 10.3 Å². The second-order valence-corrected chi connectivity index (χ2v) is 3.58. The van der Waals surface area contributed by atoms with Gasteiger partial charge in [-0.1, -0.05) is 6.92 Å². The second-order valence-electron chi connectivity index (χ2n) is 2.33. The van der Waals surface area contributed by atoms with Crippen molar-refractivity contribution in [2.45, 2.75) is 11.9 Å². The largest absolute Gasteiger partial charge is 0.478 e. The topological polar surface area (TPSA) is 114 Å². The summed E-state index contributed by atoms with van der Waals surface area (Å²) in [6.45, 7) is 1.96. The maximum atomic E-state index is 10.6. The van der Waals surface area contributed by atoms with Crippen LogP contribution in [0.3, 0.4) is 0 Å². The Bertz CT molecular complexity index is 367. The molecule has 0 saturated carbocycles. The average molecular weight is 246 g/mol. The zero-order valence-electron chi connectivity index (χ0n) is 8.36. The van der Waals surface area contributed by atoms with Gasteiger partial charge in [0.1, 0.15) is 5.03 Å². The minimum atomic E-state index is -1.50. The monoisotopic (exact) mass is 246 g/mol. The first-order chi connectivity index (χ1) is 7.49. The van der Waals surface area contributed by atoms with E-state index in [0.29, 0.717) is 5.03 Å². The van der Waals surface area contributed by atoms with Gasteiger partial charge in [-0.3, -0.25) is 0 Å². The molecule has 2 N–H and O–H groups in total. The van der Waals surface area contributed by atoms with Crippen LogP contribution in [0.4, 0.5) is 0 Å². The Morgan fingerprint density at radius 3 is 2.69 bits per heavy atom. The Labute approximate surface area is 95.2 Å². The standard InChI is InChI=1S/C8H9NO2S.HNO3/c1-2-12-7-6(8(10)11)4-3-5-9-7;2-1(3)4/h3-5H,2H2,1H3,(H,10,11);(H,2,3,4). The highest BCUT2D eigenvalue weighted by atomic mass is 32.2. The van der Waals surface area contributed by atoms with Crippen LogP contribution >= 0.6 is 11.8 Å². The lowest BCUT2D eigenvalue weighted by Crippen LogP contribution is -1.99. The Morgan fingerprint density at radius 1 is 1.69 bits per heavy atom. The van der Waals surface area contributed by atoms with Crippen molar-refractivity contribution in [2.75, 3.05) is 5.75 Å². The molecular formula is C8H10N2O5S. The quantitative estimate of drug-likeness (QED) is 0.472. The van der Waals surface area contributed by atoms with Crippen LogP contribution in [0.5, 0.6) is 0 Å². The average Bonchev–Trinajstić information content (AvgIpc) is 2.18. The van der Waals surface area contributed by atoms with Gasteiger partial charge in [0, 0.05) is 6.20 Å². The fourth-order valence-corrected chi connectivity index (χ4v) is 1.53. The van der Waals surface area contributed by atoms with E-state index < -0.39 is 11.1 Å². The molecule has 8 heteroatoms. The number of aromatic nitrogens is 1. The van der Waals surface area contributed by atoms with E-state index in [0.717, 1.165) is 5.75 Å². The molecule has 7 nitrogen and oxygen atoms in total. The zero-order chi connectivity index (χ0) is 12.6. The summed E-state index contributed by atoms with van der Waals surface area (Å²) in [6, 6.07) is 3.19. The van der Waals surface area contributed by atoms with Crippen molar-refractivity contribution >= 4 is 17.7 Å². The van der Waals surface area contributed by atoms with Gasteiger partial charge in [0.15, 0.2) is 0 Å². The van der Waals surface area contributed by atoms with Crippen LogP contribution in [0.15, 0.2) is 23.4 Å². The molecule has 0 aliphatic rings. The van der Waals surface area contributed by atoms with Crippen molar-refractivity contribution in [2.24, 2.45) is 0 Å². The Hall–Kier alpha value is -1.83. The molecule has 0 saturated heterocycles. The van der Waals surface area contributed by atoms with Gasteiger partial charge in [0.05, 0.1) is 5.56 Å². The molecule has 0 unspecified atom stereocenters. The molecule has 0 fully saturated rings. The Kier molecular flexibility index (Phi) is 6.61. The summed E-state index contributed by atoms with van der Waals surface area (Å²) in [6.07, 6.45) is 1.60. The fraction of sp³-hybridized carbons (Fsp3) is 0.250. The molecule has 16 heavy (non-hydrogen) atoms. The summed E-state index contributed by atoms with van der Waals surface area (Å²) in [5, 5.41) is 23.0. The van der Waals surface area contributed by atoms with Crippen molar-refractivity contribution in [3.63, 3.8) is 0 Å². The summed E-state index contributed by atoms with van der Waals surface area (Å²) in [7, 11) is 0. The smallest absolute Gasteiger partial charge is 0.338 e. The van der Waals surface area contributed by atoms with Gasteiger partial charge in [-0.2, -0.15) is 0 Å². The van der Waals surface area contributed by atoms with Gasteiger partial charge in [0.25, 0.3) is 5.09 Å². The predicted octanol–water partition coefficient (Wildman–Crippen LogP) is 1.54. The maximum Gasteiger partial charge on any atom is 0.338 e. The van der Waals surface area contributed by atoms with Gasteiger partial charge in [-0.15, -0.1) is 21.9 Å². The highest BCUT2D eigenvalue weighted by Gasteiger charge is 2.09. The first kappa shape index (κ1) is 14.2. The SMILES string of the molecule is CCSc1ncccc1C(=O)O.O=[N+]([O-])O. The summed E-state index contributed by atoms with van der Waals surface area (Å²) in [5.41, 5.74) is 0.282. The lowest BCUT2D eigenvalue weighted by atomic mass is 10.3. The second kappa shape index (κ2) is 7.46. The van der Waals surface area contributed by atoms with Crippen LogP contribution in [0, 0.1) is 10.1 Å². The third-order valence-corrected chi connectivity index (χ3v) is 2.17. The van der Waals surface area contributed by atoms with Crippen LogP contribution in [0.1, 0.15) is 17.3 Å². The van der Waals surface area contributed by atoms with Crippen LogP contribution in [0.2, 0.25) is 0 Å². The molecule has 0 spiro atoms. The van der Waals surface area contributed by atoms with Crippen molar-refractivity contribution in [1.82, 2.24) is 4.98 Å². The Morgan fingerprint density at radius 2 is 2.25 bits per heavy atom. The molecule has 1 aromatic rings. The number of carboxylic acid groups (broad SMARTS) is 1. The first-order valence-corrected chi connectivity index (χ1v) is 5.12. The number of aromatic carboxylic acids is 1. The number of carbonyl (C=O) groups is 1. The molecule has 0 aliphatic heterocycles. The van der Waals surface area contributed by atoms with Gasteiger partial charge >= 0.3 is 5.97 Å². The van der Waals surface area contributed by atoms with Crippen molar-refractivity contribution in [3.8, 4) is 0 Å². The van der Waals surface area contributed by atoms with Crippen LogP contribution in [-0.2, 0) is 0 Å². The van der Waals surface area contributed by atoms with E-state index in [1.54, 1.807) is 18.3 Å². The number of carboxylic acids is 1. The fourth-order valence-electron chi connectivity index (χ4n) is 0.805. The molecule has 0 atom stereocenters. The zero-order valence-corrected chi connectivity index (χ0v) is 9.18. The number of pyridine rings is 1. The summed E-state index contributed by atoms with van der Waals surface area (Å²) < 4.78 is 0. The minimum absolute atomic E-state index is 0.282. The van der Waals surface area contributed by atoms with Gasteiger partial charge in [-0.25, -0.2) is 9.78 Å². The van der Waals surface area contributed by atoms with E-state index in [-0.39, 0.29) is 5.56 Å². The molecule has 1 rings (SSSR count). The third-order valence-electron chi connectivity index (χ3n) is 1.28. The van der Waals surface area contributed by atoms with Gasteiger partial charge in [0.2, 0.25) is 0 Å². The van der Waals surface area contributed by atoms with E-state index in [1.165, 1.54) is 11.8 Å². The highest BCUT2D eigenvalue weighted by Crippen LogP contribution is 2.18. The normalized spacial score (nSPS) is 8.81. The van der Waals surface area contributed by atoms with E-state index in [1.807, 2.05) is 6.92 Å². The summed E-state index contributed by atoms with van der Waals surface area (Å²) in [4.78, 5) is 23.0. The molecule has 1 heterocycles. The van der Waals surface area contributed by atoms with Crippen LogP contribution in [-0.4, -0.2) is 32.1 Å². The molecule has 1 aromatic heterocycles. The number of nitrogens with zero attached hydrogens (tertiary/aromatic N) is 2. The molecule has 0 aliphatic carbocycles. The van der Waals surface area contributed by atoms with Crippen molar-refractivity contribution in [3.05, 3.63) is 34.0 Å². The van der Waals surface area contributed by atoms with E-state index >= 15 is 0 Å². The van der Waals surface area contributed by atoms with Crippen LogP contribution in [0.25, 0.3) is 0 Å². The molecule has 0 radical (unpaired) electrons. The molecule has 88 valence electrons. The number of hydrogen-bond donors (Lipinski definition) is 2. The van der Waals surface area contributed by atoms with E-state index in [9.17, 15) is 4.79 Å². The predicted molar refractivity (Wildman–Crippen MR) is 56.4 cm³/mol. The molecule has 0 amide bonds. The summed E-state index contributed by atoms with van der Waals surface area (Å²) in [5.74, 6) is -0.0869.